The van der Waals surface area contributed by atoms with Crippen LogP contribution in [-0.4, -0.2) is 12.9 Å². The van der Waals surface area contributed by atoms with Gasteiger partial charge >= 0.3 is 0 Å². The number of hydrogen-bond acceptors (Lipinski definition) is 3. The Kier molecular flexibility index (Phi) is 3.47. The molecule has 1 aromatic rings. The molecule has 0 heterocycles. The summed E-state index contributed by atoms with van der Waals surface area (Å²) in [5.41, 5.74) is 0.799. The average Bonchev–Trinajstić information content (AvgIpc) is 2.17. The summed E-state index contributed by atoms with van der Waals surface area (Å²) in [6, 6.07) is 5.22. The second kappa shape index (κ2) is 4.42. The molecule has 72 valence electrons. The number of ether oxygens (including phenoxy) is 1. The molecule has 1 aromatic carbocycles. The number of halogens is 1. The minimum atomic E-state index is -0.109. The minimum Gasteiger partial charge on any atom is -0.496 e. The SMILES string of the molecule is COc1cc(C#N)c(C(C)=O)cc1I. The quantitative estimate of drug-likeness (QED) is 0.622. The molecule has 0 amide bonds. The maximum absolute atomic E-state index is 11.2. The number of benzene rings is 1. The third-order valence-electron chi connectivity index (χ3n) is 1.79. The van der Waals surface area contributed by atoms with Crippen LogP contribution in [0.15, 0.2) is 12.1 Å². The van der Waals surface area contributed by atoms with Crippen molar-refractivity contribution in [2.24, 2.45) is 0 Å². The maximum Gasteiger partial charge on any atom is 0.161 e. The average molecular weight is 301 g/mol. The molecule has 0 atom stereocenters. The van der Waals surface area contributed by atoms with Crippen molar-refractivity contribution in [3.63, 3.8) is 0 Å². The van der Waals surface area contributed by atoms with Crippen LogP contribution in [0.25, 0.3) is 0 Å². The van der Waals surface area contributed by atoms with E-state index in [2.05, 4.69) is 22.6 Å². The van der Waals surface area contributed by atoms with E-state index >= 15 is 0 Å². The number of hydrogen-bond donors (Lipinski definition) is 0. The van der Waals surface area contributed by atoms with E-state index in [1.807, 2.05) is 6.07 Å². The summed E-state index contributed by atoms with van der Waals surface area (Å²) in [6.45, 7) is 1.44. The van der Waals surface area contributed by atoms with Gasteiger partial charge in [0.2, 0.25) is 0 Å². The van der Waals surface area contributed by atoms with Crippen LogP contribution in [0.4, 0.5) is 0 Å². The fourth-order valence-corrected chi connectivity index (χ4v) is 1.78. The Balaban J connectivity index is 3.41. The summed E-state index contributed by atoms with van der Waals surface area (Å²) >= 11 is 2.07. The Morgan fingerprint density at radius 2 is 2.21 bits per heavy atom. The zero-order valence-electron chi connectivity index (χ0n) is 7.80. The Hall–Kier alpha value is -1.09. The van der Waals surface area contributed by atoms with E-state index in [1.54, 1.807) is 12.1 Å². The van der Waals surface area contributed by atoms with Gasteiger partial charge < -0.3 is 4.74 Å². The summed E-state index contributed by atoms with van der Waals surface area (Å²) in [6.07, 6.45) is 0. The summed E-state index contributed by atoms with van der Waals surface area (Å²) in [5.74, 6) is 0.509. The van der Waals surface area contributed by atoms with Crippen LogP contribution >= 0.6 is 22.6 Å². The van der Waals surface area contributed by atoms with Crippen LogP contribution in [0, 0.1) is 14.9 Å². The normalized spacial score (nSPS) is 9.29. The molecule has 0 N–H and O–H groups in total. The van der Waals surface area contributed by atoms with Gasteiger partial charge in [-0.3, -0.25) is 4.79 Å². The zero-order valence-corrected chi connectivity index (χ0v) is 9.95. The standard InChI is InChI=1S/C10H8INO2/c1-6(13)8-4-9(11)10(14-2)3-7(8)5-12/h3-4H,1-2H3. The molecule has 0 aliphatic carbocycles. The van der Waals surface area contributed by atoms with Crippen LogP contribution in [0.3, 0.4) is 0 Å². The first-order valence-corrected chi connectivity index (χ1v) is 4.96. The number of carbonyl (C=O) groups excluding carboxylic acids is 1. The second-order valence-corrected chi connectivity index (χ2v) is 3.86. The van der Waals surface area contributed by atoms with Crippen LogP contribution in [0.5, 0.6) is 5.75 Å². The highest BCUT2D eigenvalue weighted by molar-refractivity contribution is 14.1. The highest BCUT2D eigenvalue weighted by Crippen LogP contribution is 2.25. The molecule has 14 heavy (non-hydrogen) atoms. The Morgan fingerprint density at radius 1 is 1.57 bits per heavy atom. The fourth-order valence-electron chi connectivity index (χ4n) is 1.09. The highest BCUT2D eigenvalue weighted by Gasteiger charge is 2.11. The second-order valence-electron chi connectivity index (χ2n) is 2.70. The summed E-state index contributed by atoms with van der Waals surface area (Å²) in [4.78, 5) is 11.2. The van der Waals surface area contributed by atoms with Crippen molar-refractivity contribution >= 4 is 28.4 Å². The van der Waals surface area contributed by atoms with Crippen LogP contribution in [-0.2, 0) is 0 Å². The Bertz CT molecular complexity index is 421. The number of nitriles is 1. The van der Waals surface area contributed by atoms with E-state index in [4.69, 9.17) is 10.00 Å². The van der Waals surface area contributed by atoms with Gasteiger partial charge in [0.15, 0.2) is 5.78 Å². The molecule has 0 aliphatic heterocycles. The third-order valence-corrected chi connectivity index (χ3v) is 2.63. The topological polar surface area (TPSA) is 50.1 Å². The highest BCUT2D eigenvalue weighted by atomic mass is 127. The first-order chi connectivity index (χ1) is 6.60. The van der Waals surface area contributed by atoms with Gasteiger partial charge in [-0.15, -0.1) is 0 Å². The van der Waals surface area contributed by atoms with E-state index in [9.17, 15) is 4.79 Å². The number of carbonyl (C=O) groups is 1. The number of nitrogens with zero attached hydrogens (tertiary/aromatic N) is 1. The molecule has 0 fully saturated rings. The predicted octanol–water partition coefficient (Wildman–Crippen LogP) is 2.37. The van der Waals surface area contributed by atoms with Gasteiger partial charge in [-0.05, 0) is 41.6 Å². The molecule has 4 heteroatoms. The van der Waals surface area contributed by atoms with Gasteiger partial charge in [0, 0.05) is 5.56 Å². The first-order valence-electron chi connectivity index (χ1n) is 3.88. The molecule has 0 saturated heterocycles. The summed E-state index contributed by atoms with van der Waals surface area (Å²) in [5, 5.41) is 8.82. The first kappa shape index (κ1) is 11.0. The van der Waals surface area contributed by atoms with Gasteiger partial charge in [-0.2, -0.15) is 5.26 Å². The molecule has 3 nitrogen and oxygen atoms in total. The number of methoxy groups -OCH3 is 1. The van der Waals surface area contributed by atoms with Crippen molar-refractivity contribution in [3.05, 3.63) is 26.8 Å². The van der Waals surface area contributed by atoms with E-state index in [0.29, 0.717) is 16.9 Å². The Labute approximate surface area is 95.8 Å². The lowest BCUT2D eigenvalue weighted by molar-refractivity contribution is 0.101. The van der Waals surface area contributed by atoms with E-state index in [0.717, 1.165) is 3.57 Å². The van der Waals surface area contributed by atoms with E-state index < -0.39 is 0 Å². The van der Waals surface area contributed by atoms with Gasteiger partial charge in [0.05, 0.1) is 16.2 Å². The predicted molar refractivity (Wildman–Crippen MR) is 60.4 cm³/mol. The van der Waals surface area contributed by atoms with Crippen LogP contribution in [0.1, 0.15) is 22.8 Å². The van der Waals surface area contributed by atoms with Crippen molar-refractivity contribution in [1.29, 1.82) is 5.26 Å². The molecular weight excluding hydrogens is 293 g/mol. The molecule has 0 aliphatic rings. The molecule has 0 unspecified atom stereocenters. The molecule has 0 saturated carbocycles. The molecule has 0 spiro atoms. The van der Waals surface area contributed by atoms with Crippen molar-refractivity contribution < 1.29 is 9.53 Å². The number of rotatable bonds is 2. The van der Waals surface area contributed by atoms with Gasteiger partial charge in [-0.25, -0.2) is 0 Å². The van der Waals surface area contributed by atoms with Gasteiger partial charge in [0.25, 0.3) is 0 Å². The summed E-state index contributed by atoms with van der Waals surface area (Å²) in [7, 11) is 1.53. The molecular formula is C10H8INO2. The third kappa shape index (κ3) is 2.04. The van der Waals surface area contributed by atoms with Crippen LogP contribution < -0.4 is 4.74 Å². The number of Topliss-reactive ketones (excluding diaryl/α,β-unsaturated/α-hetero) is 1. The zero-order chi connectivity index (χ0) is 10.7. The molecule has 0 aromatic heterocycles. The lowest BCUT2D eigenvalue weighted by atomic mass is 10.1. The molecule has 0 bridgehead atoms. The van der Waals surface area contributed by atoms with E-state index in [1.165, 1.54) is 14.0 Å². The smallest absolute Gasteiger partial charge is 0.161 e. The van der Waals surface area contributed by atoms with Gasteiger partial charge in [0.1, 0.15) is 11.8 Å². The monoisotopic (exact) mass is 301 g/mol. The van der Waals surface area contributed by atoms with Crippen molar-refractivity contribution in [2.75, 3.05) is 7.11 Å². The minimum absolute atomic E-state index is 0.109. The molecule has 1 rings (SSSR count). The van der Waals surface area contributed by atoms with Crippen LogP contribution in [0.2, 0.25) is 0 Å². The number of ketones is 1. The lowest BCUT2D eigenvalue weighted by Crippen LogP contribution is -1.99. The Morgan fingerprint density at radius 3 is 2.64 bits per heavy atom. The largest absolute Gasteiger partial charge is 0.496 e. The van der Waals surface area contributed by atoms with Crippen molar-refractivity contribution in [2.45, 2.75) is 6.92 Å². The fraction of sp³-hybridized carbons (Fsp3) is 0.200. The van der Waals surface area contributed by atoms with Crippen molar-refractivity contribution in [3.8, 4) is 11.8 Å². The van der Waals surface area contributed by atoms with E-state index in [-0.39, 0.29) is 5.78 Å². The lowest BCUT2D eigenvalue weighted by Gasteiger charge is -2.06. The maximum atomic E-state index is 11.2. The summed E-state index contributed by atoms with van der Waals surface area (Å²) < 4.78 is 5.88. The van der Waals surface area contributed by atoms with Crippen molar-refractivity contribution in [1.82, 2.24) is 0 Å². The molecule has 0 radical (unpaired) electrons. The van der Waals surface area contributed by atoms with Gasteiger partial charge in [-0.1, -0.05) is 0 Å².